The first-order chi connectivity index (χ1) is 13.7. The number of aromatic nitrogens is 1. The van der Waals surface area contributed by atoms with Crippen LogP contribution in [0.15, 0.2) is 74.5 Å². The number of aromatic hydroxyl groups is 1. The van der Waals surface area contributed by atoms with E-state index in [-0.39, 0.29) is 27.4 Å². The molecule has 0 radical (unpaired) electrons. The first-order valence-electron chi connectivity index (χ1n) is 8.17. The molecule has 1 heterocycles. The zero-order valence-electron chi connectivity index (χ0n) is 15.0. The first-order valence-corrected chi connectivity index (χ1v) is 9.61. The third kappa shape index (κ3) is 3.91. The van der Waals surface area contributed by atoms with Crippen LogP contribution in [0.2, 0.25) is 0 Å². The van der Waals surface area contributed by atoms with E-state index < -0.39 is 21.6 Å². The van der Waals surface area contributed by atoms with Crippen LogP contribution in [-0.2, 0) is 10.1 Å². The van der Waals surface area contributed by atoms with Crippen molar-refractivity contribution >= 4 is 21.5 Å². The smallest absolute Gasteiger partial charge is 0.294 e. The van der Waals surface area contributed by atoms with E-state index >= 15 is 0 Å². The molecular weight excluding hydrogens is 396 g/mol. The van der Waals surface area contributed by atoms with Crippen molar-refractivity contribution in [2.75, 3.05) is 0 Å². The van der Waals surface area contributed by atoms with Crippen molar-refractivity contribution in [1.29, 1.82) is 5.26 Å². The maximum atomic E-state index is 12.9. The lowest BCUT2D eigenvalue weighted by molar-refractivity contribution is 0.433. The van der Waals surface area contributed by atoms with Crippen LogP contribution in [0.3, 0.4) is 0 Å². The summed E-state index contributed by atoms with van der Waals surface area (Å²) in [5, 5.41) is 27.6. The van der Waals surface area contributed by atoms with Gasteiger partial charge >= 0.3 is 0 Å². The molecule has 146 valence electrons. The van der Waals surface area contributed by atoms with Crippen LogP contribution in [0.5, 0.6) is 5.88 Å². The summed E-state index contributed by atoms with van der Waals surface area (Å²) in [6.45, 7) is 1.46. The van der Waals surface area contributed by atoms with E-state index in [1.165, 1.54) is 19.1 Å². The zero-order valence-corrected chi connectivity index (χ0v) is 15.8. The monoisotopic (exact) mass is 410 g/mol. The highest BCUT2D eigenvalue weighted by Crippen LogP contribution is 2.29. The fourth-order valence-electron chi connectivity index (χ4n) is 2.62. The molecule has 1 aromatic heterocycles. The molecular formula is C19H14N4O5S. The Labute approximate surface area is 165 Å². The molecule has 10 heteroatoms. The van der Waals surface area contributed by atoms with Gasteiger partial charge in [0.2, 0.25) is 5.88 Å². The van der Waals surface area contributed by atoms with Gasteiger partial charge in [-0.15, -0.1) is 5.11 Å². The Hall–Kier alpha value is -3.81. The summed E-state index contributed by atoms with van der Waals surface area (Å²) in [7, 11) is -4.34. The second-order valence-corrected chi connectivity index (χ2v) is 7.35. The quantitative estimate of drug-likeness (QED) is 0.498. The van der Waals surface area contributed by atoms with Gasteiger partial charge in [0.25, 0.3) is 15.7 Å². The van der Waals surface area contributed by atoms with Gasteiger partial charge in [-0.05, 0) is 43.3 Å². The second kappa shape index (κ2) is 7.67. The van der Waals surface area contributed by atoms with Gasteiger partial charge < -0.3 is 5.11 Å². The number of para-hydroxylation sites is 1. The maximum Gasteiger partial charge on any atom is 0.294 e. The highest BCUT2D eigenvalue weighted by Gasteiger charge is 2.20. The van der Waals surface area contributed by atoms with Crippen LogP contribution >= 0.6 is 0 Å². The summed E-state index contributed by atoms with van der Waals surface area (Å²) in [4.78, 5) is 12.6. The van der Waals surface area contributed by atoms with E-state index in [2.05, 4.69) is 10.2 Å². The molecule has 0 atom stereocenters. The molecule has 0 fully saturated rings. The van der Waals surface area contributed by atoms with Crippen LogP contribution in [0.4, 0.5) is 11.4 Å². The second-order valence-electron chi connectivity index (χ2n) is 5.93. The van der Waals surface area contributed by atoms with Gasteiger partial charge in [0.15, 0.2) is 5.69 Å². The van der Waals surface area contributed by atoms with Crippen molar-refractivity contribution in [3.05, 3.63) is 76.1 Å². The predicted molar refractivity (Wildman–Crippen MR) is 104 cm³/mol. The lowest BCUT2D eigenvalue weighted by Gasteiger charge is -2.12. The van der Waals surface area contributed by atoms with E-state index in [0.29, 0.717) is 5.69 Å². The lowest BCUT2D eigenvalue weighted by atomic mass is 10.1. The summed E-state index contributed by atoms with van der Waals surface area (Å²) < 4.78 is 32.1. The molecule has 0 amide bonds. The predicted octanol–water partition coefficient (Wildman–Crippen LogP) is 3.39. The van der Waals surface area contributed by atoms with Gasteiger partial charge in [0.05, 0.1) is 16.3 Å². The molecule has 0 aliphatic carbocycles. The third-order valence-corrected chi connectivity index (χ3v) is 4.97. The molecule has 2 N–H and O–H groups in total. The standard InChI is InChI=1S/C19H14N4O5S/c1-12-16(11-20)18(24)23(14-5-3-2-4-6-14)19(25)17(12)22-21-13-7-9-15(10-8-13)29(26,27)28/h2-10,24H,1H3,(H,26,27,28). The molecule has 0 spiro atoms. The van der Waals surface area contributed by atoms with Crippen LogP contribution in [0.1, 0.15) is 11.1 Å². The number of benzene rings is 2. The van der Waals surface area contributed by atoms with Crippen molar-refractivity contribution in [1.82, 2.24) is 4.57 Å². The molecule has 0 saturated carbocycles. The molecule has 9 nitrogen and oxygen atoms in total. The van der Waals surface area contributed by atoms with Gasteiger partial charge in [-0.1, -0.05) is 18.2 Å². The lowest BCUT2D eigenvalue weighted by Crippen LogP contribution is -2.20. The number of hydrogen-bond acceptors (Lipinski definition) is 7. The van der Waals surface area contributed by atoms with Crippen LogP contribution in [0.25, 0.3) is 5.69 Å². The summed E-state index contributed by atoms with van der Waals surface area (Å²) in [6.07, 6.45) is 0. The summed E-state index contributed by atoms with van der Waals surface area (Å²) in [6, 6.07) is 15.0. The van der Waals surface area contributed by atoms with Crippen molar-refractivity contribution in [2.45, 2.75) is 11.8 Å². The zero-order chi connectivity index (χ0) is 21.2. The summed E-state index contributed by atoms with van der Waals surface area (Å²) in [5.74, 6) is -0.502. The molecule has 0 bridgehead atoms. The summed E-state index contributed by atoms with van der Waals surface area (Å²) in [5.41, 5.74) is -0.232. The summed E-state index contributed by atoms with van der Waals surface area (Å²) >= 11 is 0. The first kappa shape index (κ1) is 19.9. The Bertz CT molecular complexity index is 1310. The molecule has 0 aliphatic heterocycles. The van der Waals surface area contributed by atoms with Gasteiger partial charge in [-0.25, -0.2) is 4.57 Å². The van der Waals surface area contributed by atoms with E-state index in [4.69, 9.17) is 4.55 Å². The number of hydrogen-bond donors (Lipinski definition) is 2. The van der Waals surface area contributed by atoms with E-state index in [1.54, 1.807) is 30.3 Å². The Balaban J connectivity index is 2.14. The molecule has 0 saturated heterocycles. The molecule has 0 unspecified atom stereocenters. The third-order valence-electron chi connectivity index (χ3n) is 4.10. The Morgan fingerprint density at radius 2 is 1.66 bits per heavy atom. The largest absolute Gasteiger partial charge is 0.493 e. The minimum Gasteiger partial charge on any atom is -0.493 e. The van der Waals surface area contributed by atoms with E-state index in [0.717, 1.165) is 16.7 Å². The van der Waals surface area contributed by atoms with Crippen LogP contribution in [-0.4, -0.2) is 22.6 Å². The topological polar surface area (TPSA) is 145 Å². The normalized spacial score (nSPS) is 11.5. The SMILES string of the molecule is Cc1c(C#N)c(O)n(-c2ccccc2)c(=O)c1N=Nc1ccc(S(=O)(=O)O)cc1. The van der Waals surface area contributed by atoms with Crippen molar-refractivity contribution in [3.63, 3.8) is 0 Å². The number of nitrogens with zero attached hydrogens (tertiary/aromatic N) is 4. The Morgan fingerprint density at radius 3 is 2.21 bits per heavy atom. The minimum absolute atomic E-state index is 0.121. The maximum absolute atomic E-state index is 12.9. The highest BCUT2D eigenvalue weighted by molar-refractivity contribution is 7.85. The van der Waals surface area contributed by atoms with Gasteiger partial charge in [0.1, 0.15) is 11.6 Å². The number of azo groups is 1. The average Bonchev–Trinajstić information content (AvgIpc) is 2.69. The molecule has 0 aliphatic rings. The van der Waals surface area contributed by atoms with Crippen LogP contribution in [0, 0.1) is 18.3 Å². The van der Waals surface area contributed by atoms with Crippen molar-refractivity contribution in [3.8, 4) is 17.6 Å². The van der Waals surface area contributed by atoms with Crippen molar-refractivity contribution < 1.29 is 18.1 Å². The van der Waals surface area contributed by atoms with Crippen LogP contribution < -0.4 is 5.56 Å². The number of nitriles is 1. The number of rotatable bonds is 4. The molecule has 3 aromatic rings. The van der Waals surface area contributed by atoms with Crippen molar-refractivity contribution in [2.24, 2.45) is 10.2 Å². The van der Waals surface area contributed by atoms with E-state index in [1.807, 2.05) is 6.07 Å². The molecule has 3 rings (SSSR count). The molecule has 29 heavy (non-hydrogen) atoms. The van der Waals surface area contributed by atoms with Gasteiger partial charge in [0, 0.05) is 5.56 Å². The average molecular weight is 410 g/mol. The highest BCUT2D eigenvalue weighted by atomic mass is 32.2. The van der Waals surface area contributed by atoms with E-state index in [9.17, 15) is 23.6 Å². The van der Waals surface area contributed by atoms with Gasteiger partial charge in [-0.3, -0.25) is 9.35 Å². The Morgan fingerprint density at radius 1 is 1.03 bits per heavy atom. The fourth-order valence-corrected chi connectivity index (χ4v) is 3.10. The Kier molecular flexibility index (Phi) is 5.27. The number of pyridine rings is 1. The van der Waals surface area contributed by atoms with Gasteiger partial charge in [-0.2, -0.15) is 18.8 Å². The minimum atomic E-state index is -4.34. The molecule has 2 aromatic carbocycles. The fraction of sp³-hybridized carbons (Fsp3) is 0.0526.